The number of aromatic nitrogens is 3. The van der Waals surface area contributed by atoms with Crippen LogP contribution in [0.15, 0.2) is 64.4 Å². The molecule has 0 atom stereocenters. The Labute approximate surface area is 160 Å². The number of amides is 1. The summed E-state index contributed by atoms with van der Waals surface area (Å²) in [5, 5.41) is 12.4. The minimum absolute atomic E-state index is 0.115. The number of carbonyl (C=O) groups excluding carboxylic acids is 1. The van der Waals surface area contributed by atoms with Crippen LogP contribution in [0.2, 0.25) is 0 Å². The van der Waals surface area contributed by atoms with Crippen LogP contribution in [0.1, 0.15) is 12.5 Å². The Morgan fingerprint density at radius 1 is 1.15 bits per heavy atom. The second kappa shape index (κ2) is 7.67. The molecule has 7 heteroatoms. The third-order valence-corrected chi connectivity index (χ3v) is 5.02. The van der Waals surface area contributed by atoms with Crippen molar-refractivity contribution in [1.82, 2.24) is 15.2 Å². The summed E-state index contributed by atoms with van der Waals surface area (Å²) in [4.78, 5) is 15.3. The maximum atomic E-state index is 12.1. The van der Waals surface area contributed by atoms with Gasteiger partial charge >= 0.3 is 0 Å². The van der Waals surface area contributed by atoms with Crippen molar-refractivity contribution in [3.63, 3.8) is 0 Å². The number of nitrogens with zero attached hydrogens (tertiary/aromatic N) is 2. The Balaban J connectivity index is 1.38. The molecular formula is C20H18N4O2S. The predicted molar refractivity (Wildman–Crippen MR) is 107 cm³/mol. The average Bonchev–Trinajstić information content (AvgIpc) is 3.33. The predicted octanol–water partition coefficient (Wildman–Crippen LogP) is 4.51. The largest absolute Gasteiger partial charge is 0.411 e. The van der Waals surface area contributed by atoms with Gasteiger partial charge in [0.1, 0.15) is 0 Å². The summed E-state index contributed by atoms with van der Waals surface area (Å²) >= 11 is 1.22. The molecule has 6 nitrogen and oxygen atoms in total. The van der Waals surface area contributed by atoms with Gasteiger partial charge in [0, 0.05) is 22.8 Å². The van der Waals surface area contributed by atoms with Crippen LogP contribution in [0.5, 0.6) is 0 Å². The van der Waals surface area contributed by atoms with Crippen LogP contribution in [0.4, 0.5) is 5.69 Å². The Morgan fingerprint density at radius 3 is 2.78 bits per heavy atom. The van der Waals surface area contributed by atoms with Crippen LogP contribution >= 0.6 is 11.8 Å². The molecule has 0 saturated heterocycles. The summed E-state index contributed by atoms with van der Waals surface area (Å²) in [5.41, 5.74) is 3.87. The summed E-state index contributed by atoms with van der Waals surface area (Å²) in [5.74, 6) is 0.520. The molecule has 0 aliphatic carbocycles. The van der Waals surface area contributed by atoms with E-state index >= 15 is 0 Å². The number of fused-ring (bicyclic) bond motifs is 1. The van der Waals surface area contributed by atoms with Crippen LogP contribution in [0, 0.1) is 0 Å². The zero-order valence-corrected chi connectivity index (χ0v) is 15.5. The number of carbonyl (C=O) groups is 1. The van der Waals surface area contributed by atoms with E-state index < -0.39 is 0 Å². The number of H-pyrrole nitrogens is 1. The van der Waals surface area contributed by atoms with Gasteiger partial charge in [0.25, 0.3) is 11.1 Å². The minimum atomic E-state index is -0.115. The van der Waals surface area contributed by atoms with Crippen LogP contribution in [0.25, 0.3) is 22.4 Å². The normalized spacial score (nSPS) is 11.0. The molecule has 2 N–H and O–H groups in total. The maximum Gasteiger partial charge on any atom is 0.277 e. The van der Waals surface area contributed by atoms with Crippen molar-refractivity contribution in [1.29, 1.82) is 0 Å². The smallest absolute Gasteiger partial charge is 0.277 e. The fraction of sp³-hybridized carbons (Fsp3) is 0.150. The lowest BCUT2D eigenvalue weighted by Crippen LogP contribution is -2.13. The summed E-state index contributed by atoms with van der Waals surface area (Å²) < 4.78 is 5.71. The summed E-state index contributed by atoms with van der Waals surface area (Å²) in [6.45, 7) is 2.10. The number of aromatic amines is 1. The third-order valence-electron chi connectivity index (χ3n) is 4.20. The molecule has 136 valence electrons. The molecule has 0 saturated carbocycles. The van der Waals surface area contributed by atoms with E-state index in [9.17, 15) is 4.79 Å². The molecule has 1 amide bonds. The molecule has 2 heterocycles. The first-order valence-electron chi connectivity index (χ1n) is 8.64. The number of benzene rings is 2. The van der Waals surface area contributed by atoms with Gasteiger partial charge in [0.05, 0.1) is 11.3 Å². The highest BCUT2D eigenvalue weighted by Crippen LogP contribution is 2.29. The van der Waals surface area contributed by atoms with Gasteiger partial charge in [-0.3, -0.25) is 4.79 Å². The molecule has 0 unspecified atom stereocenters. The molecular weight excluding hydrogens is 360 g/mol. The van der Waals surface area contributed by atoms with Crippen molar-refractivity contribution in [2.24, 2.45) is 0 Å². The monoisotopic (exact) mass is 378 g/mol. The van der Waals surface area contributed by atoms with Crippen LogP contribution in [0.3, 0.4) is 0 Å². The molecule has 0 spiro atoms. The Hall–Kier alpha value is -3.06. The first-order valence-corrected chi connectivity index (χ1v) is 9.63. The van der Waals surface area contributed by atoms with Crippen LogP contribution < -0.4 is 5.32 Å². The number of para-hydroxylation sites is 1. The van der Waals surface area contributed by atoms with E-state index in [0.29, 0.717) is 11.1 Å². The Kier molecular flexibility index (Phi) is 4.93. The second-order valence-corrected chi connectivity index (χ2v) is 6.93. The van der Waals surface area contributed by atoms with Gasteiger partial charge in [-0.2, -0.15) is 0 Å². The number of thioether (sulfide) groups is 1. The molecule has 0 fully saturated rings. The molecule has 0 aliphatic rings. The zero-order chi connectivity index (χ0) is 18.6. The van der Waals surface area contributed by atoms with E-state index in [-0.39, 0.29) is 11.7 Å². The lowest BCUT2D eigenvalue weighted by molar-refractivity contribution is -0.113. The van der Waals surface area contributed by atoms with Crippen molar-refractivity contribution >= 4 is 34.3 Å². The van der Waals surface area contributed by atoms with Gasteiger partial charge in [0.2, 0.25) is 5.91 Å². The summed E-state index contributed by atoms with van der Waals surface area (Å²) in [6.07, 6.45) is 2.82. The molecule has 4 aromatic rings. The quantitative estimate of drug-likeness (QED) is 0.482. The van der Waals surface area contributed by atoms with Crippen LogP contribution in [-0.2, 0) is 11.2 Å². The summed E-state index contributed by atoms with van der Waals surface area (Å²) in [6, 6.07) is 15.7. The number of hydrogen-bond donors (Lipinski definition) is 2. The number of aryl methyl sites for hydroxylation is 1. The van der Waals surface area contributed by atoms with Crippen molar-refractivity contribution in [3.05, 3.63) is 60.3 Å². The number of nitrogens with one attached hydrogen (secondary N) is 2. The highest BCUT2D eigenvalue weighted by molar-refractivity contribution is 7.99. The number of hydrogen-bond acceptors (Lipinski definition) is 5. The average molecular weight is 378 g/mol. The molecule has 2 aromatic carbocycles. The first kappa shape index (κ1) is 17.4. The lowest BCUT2D eigenvalue weighted by Gasteiger charge is -2.04. The molecule has 0 radical (unpaired) electrons. The van der Waals surface area contributed by atoms with Gasteiger partial charge in [-0.1, -0.05) is 49.0 Å². The standard InChI is InChI=1S/C20H18N4O2S/c1-2-13-7-9-14(10-8-13)22-18(25)12-27-20-24-23-19(26-20)16-11-21-17-6-4-3-5-15(16)17/h3-11,21H,2,12H2,1H3,(H,22,25). The van der Waals surface area contributed by atoms with Crippen molar-refractivity contribution in [2.45, 2.75) is 18.6 Å². The molecule has 27 heavy (non-hydrogen) atoms. The highest BCUT2D eigenvalue weighted by atomic mass is 32.2. The van der Waals surface area contributed by atoms with Gasteiger partial charge in [-0.15, -0.1) is 10.2 Å². The van der Waals surface area contributed by atoms with E-state index in [1.54, 1.807) is 0 Å². The van der Waals surface area contributed by atoms with Crippen molar-refractivity contribution in [2.75, 3.05) is 11.1 Å². The highest BCUT2D eigenvalue weighted by Gasteiger charge is 2.14. The second-order valence-electron chi connectivity index (χ2n) is 6.01. The number of anilines is 1. The van der Waals surface area contributed by atoms with Gasteiger partial charge < -0.3 is 14.7 Å². The molecule has 2 aromatic heterocycles. The van der Waals surface area contributed by atoms with Gasteiger partial charge in [0.15, 0.2) is 0 Å². The minimum Gasteiger partial charge on any atom is -0.411 e. The van der Waals surface area contributed by atoms with Crippen molar-refractivity contribution in [3.8, 4) is 11.5 Å². The van der Waals surface area contributed by atoms with Crippen molar-refractivity contribution < 1.29 is 9.21 Å². The Bertz CT molecular complexity index is 1070. The van der Waals surface area contributed by atoms with E-state index in [1.807, 2.05) is 54.7 Å². The van der Waals surface area contributed by atoms with E-state index in [4.69, 9.17) is 4.42 Å². The zero-order valence-electron chi connectivity index (χ0n) is 14.7. The fourth-order valence-corrected chi connectivity index (χ4v) is 3.34. The van der Waals surface area contributed by atoms with E-state index in [1.165, 1.54) is 17.3 Å². The fourth-order valence-electron chi connectivity index (χ4n) is 2.77. The summed E-state index contributed by atoms with van der Waals surface area (Å²) in [7, 11) is 0. The lowest BCUT2D eigenvalue weighted by atomic mass is 10.1. The first-order chi connectivity index (χ1) is 13.2. The number of rotatable bonds is 6. The molecule has 4 rings (SSSR count). The third kappa shape index (κ3) is 3.88. The van der Waals surface area contributed by atoms with Gasteiger partial charge in [-0.05, 0) is 30.2 Å². The van der Waals surface area contributed by atoms with Crippen LogP contribution in [-0.4, -0.2) is 26.8 Å². The van der Waals surface area contributed by atoms with E-state index in [0.717, 1.165) is 28.6 Å². The topological polar surface area (TPSA) is 83.8 Å². The SMILES string of the molecule is CCc1ccc(NC(=O)CSc2nnc(-c3c[nH]c4ccccc34)o2)cc1. The Morgan fingerprint density at radius 2 is 1.96 bits per heavy atom. The van der Waals surface area contributed by atoms with E-state index in [2.05, 4.69) is 27.4 Å². The maximum absolute atomic E-state index is 12.1. The molecule has 0 aliphatic heterocycles. The molecule has 0 bridgehead atoms. The van der Waals surface area contributed by atoms with Gasteiger partial charge in [-0.25, -0.2) is 0 Å².